The molecule has 0 bridgehead atoms. The van der Waals surface area contributed by atoms with Crippen molar-refractivity contribution < 1.29 is 10.0 Å². The van der Waals surface area contributed by atoms with Gasteiger partial charge in [-0.05, 0) is 34.6 Å². The van der Waals surface area contributed by atoms with Gasteiger partial charge in [-0.3, -0.25) is 10.1 Å². The van der Waals surface area contributed by atoms with Crippen LogP contribution in [-0.2, 0) is 6.61 Å². The van der Waals surface area contributed by atoms with Crippen LogP contribution in [0.1, 0.15) is 5.56 Å². The second-order valence-corrected chi connectivity index (χ2v) is 5.80. The second-order valence-electron chi connectivity index (χ2n) is 3.58. The minimum absolute atomic E-state index is 0.0124. The number of aromatic nitrogens is 1. The fourth-order valence-electron chi connectivity index (χ4n) is 1.27. The highest BCUT2D eigenvalue weighted by Crippen LogP contribution is 2.36. The highest BCUT2D eigenvalue weighted by Gasteiger charge is 2.06. The molecule has 2 aromatic rings. The lowest BCUT2D eigenvalue weighted by atomic mass is 10.2. The van der Waals surface area contributed by atoms with E-state index in [1.165, 1.54) is 33.9 Å². The van der Waals surface area contributed by atoms with E-state index in [0.717, 1.165) is 10.5 Å². The van der Waals surface area contributed by atoms with Crippen LogP contribution < -0.4 is 0 Å². The van der Waals surface area contributed by atoms with Gasteiger partial charge in [-0.15, -0.1) is 0 Å². The standard InChI is InChI=1S/C12H10N2O3S2/c15-8-9-1-4-11(5-2-9)18-19-12-6-3-10(7-13-12)14(16)17/h1-7,15H,8H2. The highest BCUT2D eigenvalue weighted by molar-refractivity contribution is 8.76. The summed E-state index contributed by atoms with van der Waals surface area (Å²) in [5.74, 6) is 0. The van der Waals surface area contributed by atoms with E-state index in [-0.39, 0.29) is 12.3 Å². The highest BCUT2D eigenvalue weighted by atomic mass is 33.1. The zero-order chi connectivity index (χ0) is 13.7. The molecule has 0 aliphatic carbocycles. The van der Waals surface area contributed by atoms with Gasteiger partial charge < -0.3 is 5.11 Å². The molecule has 0 atom stereocenters. The number of hydrogen-bond acceptors (Lipinski definition) is 6. The van der Waals surface area contributed by atoms with E-state index in [0.29, 0.717) is 5.03 Å². The maximum absolute atomic E-state index is 10.5. The predicted octanol–water partition coefficient (Wildman–Crippen LogP) is 3.28. The van der Waals surface area contributed by atoms with Crippen LogP contribution in [0.15, 0.2) is 52.5 Å². The van der Waals surface area contributed by atoms with E-state index in [2.05, 4.69) is 4.98 Å². The smallest absolute Gasteiger partial charge is 0.287 e. The van der Waals surface area contributed by atoms with Crippen LogP contribution in [0.25, 0.3) is 0 Å². The van der Waals surface area contributed by atoms with E-state index in [1.807, 2.05) is 24.3 Å². The molecule has 0 amide bonds. The Hall–Kier alpha value is -1.57. The molecule has 0 spiro atoms. The van der Waals surface area contributed by atoms with Gasteiger partial charge in [0.15, 0.2) is 0 Å². The predicted molar refractivity (Wildman–Crippen MR) is 75.0 cm³/mol. The van der Waals surface area contributed by atoms with Gasteiger partial charge in [-0.25, -0.2) is 4.98 Å². The third-order valence-electron chi connectivity index (χ3n) is 2.26. The largest absolute Gasteiger partial charge is 0.392 e. The minimum Gasteiger partial charge on any atom is -0.392 e. The van der Waals surface area contributed by atoms with Crippen molar-refractivity contribution in [3.63, 3.8) is 0 Å². The number of rotatable bonds is 5. The minimum atomic E-state index is -0.470. The molecule has 7 heteroatoms. The second kappa shape index (κ2) is 6.55. The first kappa shape index (κ1) is 13.9. The fraction of sp³-hybridized carbons (Fsp3) is 0.0833. The van der Waals surface area contributed by atoms with Crippen LogP contribution in [0.3, 0.4) is 0 Å². The van der Waals surface area contributed by atoms with Gasteiger partial charge >= 0.3 is 0 Å². The van der Waals surface area contributed by atoms with Gasteiger partial charge in [0, 0.05) is 11.0 Å². The Morgan fingerprint density at radius 2 is 1.89 bits per heavy atom. The molecule has 1 N–H and O–H groups in total. The number of pyridine rings is 1. The molecule has 98 valence electrons. The monoisotopic (exact) mass is 294 g/mol. The fourth-order valence-corrected chi connectivity index (χ4v) is 3.09. The SMILES string of the molecule is O=[N+]([O-])c1ccc(SSc2ccc(CO)cc2)nc1. The average Bonchev–Trinajstić information content (AvgIpc) is 2.46. The van der Waals surface area contributed by atoms with E-state index in [1.54, 1.807) is 6.07 Å². The Balaban J connectivity index is 1.95. The zero-order valence-electron chi connectivity index (χ0n) is 9.72. The zero-order valence-corrected chi connectivity index (χ0v) is 11.4. The van der Waals surface area contributed by atoms with Gasteiger partial charge in [0.1, 0.15) is 11.2 Å². The maximum atomic E-state index is 10.5. The van der Waals surface area contributed by atoms with Crippen molar-refractivity contribution >= 4 is 27.3 Å². The number of hydrogen-bond donors (Lipinski definition) is 1. The Labute approximate surface area is 117 Å². The molecular formula is C12H10N2O3S2. The summed E-state index contributed by atoms with van der Waals surface area (Å²) in [6.45, 7) is 0.0298. The first-order valence-electron chi connectivity index (χ1n) is 5.34. The number of nitrogens with zero attached hydrogens (tertiary/aromatic N) is 2. The quantitative estimate of drug-likeness (QED) is 0.518. The molecule has 0 saturated heterocycles. The summed E-state index contributed by atoms with van der Waals surface area (Å²) in [5.41, 5.74) is 0.851. The van der Waals surface area contributed by atoms with E-state index in [9.17, 15) is 10.1 Å². The molecule has 0 saturated carbocycles. The topological polar surface area (TPSA) is 76.3 Å². The summed E-state index contributed by atoms with van der Waals surface area (Å²) in [7, 11) is 2.94. The molecule has 0 aliphatic rings. The van der Waals surface area contributed by atoms with Crippen LogP contribution >= 0.6 is 21.6 Å². The van der Waals surface area contributed by atoms with Crippen LogP contribution in [0.2, 0.25) is 0 Å². The van der Waals surface area contributed by atoms with Crippen molar-refractivity contribution in [2.45, 2.75) is 16.5 Å². The van der Waals surface area contributed by atoms with Crippen molar-refractivity contribution in [3.8, 4) is 0 Å². The molecule has 0 unspecified atom stereocenters. The van der Waals surface area contributed by atoms with Crippen LogP contribution in [0.4, 0.5) is 5.69 Å². The molecular weight excluding hydrogens is 284 g/mol. The summed E-state index contributed by atoms with van der Waals surface area (Å²) < 4.78 is 0. The first-order valence-corrected chi connectivity index (χ1v) is 7.49. The van der Waals surface area contributed by atoms with Crippen molar-refractivity contribution in [2.24, 2.45) is 0 Å². The lowest BCUT2D eigenvalue weighted by Crippen LogP contribution is -1.88. The Morgan fingerprint density at radius 1 is 1.16 bits per heavy atom. The number of aliphatic hydroxyl groups is 1. The van der Waals surface area contributed by atoms with Gasteiger partial charge in [-0.1, -0.05) is 22.9 Å². The molecule has 1 aromatic heterocycles. The molecule has 2 rings (SSSR count). The third kappa shape index (κ3) is 3.95. The Kier molecular flexibility index (Phi) is 4.78. The summed E-state index contributed by atoms with van der Waals surface area (Å²) in [6.07, 6.45) is 1.25. The Bertz CT molecular complexity index is 558. The van der Waals surface area contributed by atoms with Gasteiger partial charge in [0.2, 0.25) is 0 Å². The molecule has 1 heterocycles. The van der Waals surface area contributed by atoms with Crippen molar-refractivity contribution in [1.29, 1.82) is 0 Å². The van der Waals surface area contributed by atoms with E-state index in [4.69, 9.17) is 5.11 Å². The third-order valence-corrected chi connectivity index (χ3v) is 4.56. The average molecular weight is 294 g/mol. The lowest BCUT2D eigenvalue weighted by Gasteiger charge is -2.01. The lowest BCUT2D eigenvalue weighted by molar-refractivity contribution is -0.385. The molecule has 19 heavy (non-hydrogen) atoms. The van der Waals surface area contributed by atoms with E-state index < -0.39 is 4.92 Å². The van der Waals surface area contributed by atoms with Crippen molar-refractivity contribution in [1.82, 2.24) is 4.98 Å². The molecule has 0 aliphatic heterocycles. The summed E-state index contributed by atoms with van der Waals surface area (Å²) in [5, 5.41) is 20.1. The molecule has 1 aromatic carbocycles. The number of aliphatic hydroxyl groups excluding tert-OH is 1. The summed E-state index contributed by atoms with van der Waals surface area (Å²) in [6, 6.07) is 10.6. The summed E-state index contributed by atoms with van der Waals surface area (Å²) in [4.78, 5) is 15.1. The molecule has 0 fully saturated rings. The number of nitro groups is 1. The van der Waals surface area contributed by atoms with Gasteiger partial charge in [0.05, 0.1) is 11.5 Å². The normalized spacial score (nSPS) is 10.4. The van der Waals surface area contributed by atoms with Crippen LogP contribution in [-0.4, -0.2) is 15.0 Å². The maximum Gasteiger partial charge on any atom is 0.287 e. The van der Waals surface area contributed by atoms with Gasteiger partial charge in [0.25, 0.3) is 5.69 Å². The van der Waals surface area contributed by atoms with Crippen molar-refractivity contribution in [2.75, 3.05) is 0 Å². The van der Waals surface area contributed by atoms with E-state index >= 15 is 0 Å². The van der Waals surface area contributed by atoms with Crippen LogP contribution in [0.5, 0.6) is 0 Å². The van der Waals surface area contributed by atoms with Gasteiger partial charge in [-0.2, -0.15) is 0 Å². The number of benzene rings is 1. The molecule has 0 radical (unpaired) electrons. The van der Waals surface area contributed by atoms with Crippen LogP contribution in [0, 0.1) is 10.1 Å². The molecule has 5 nitrogen and oxygen atoms in total. The van der Waals surface area contributed by atoms with Crippen molar-refractivity contribution in [3.05, 3.63) is 58.3 Å². The first-order chi connectivity index (χ1) is 9.19. The summed E-state index contributed by atoms with van der Waals surface area (Å²) >= 11 is 0. The Morgan fingerprint density at radius 3 is 2.42 bits per heavy atom.